The summed E-state index contributed by atoms with van der Waals surface area (Å²) in [4.78, 5) is 12.0. The minimum absolute atomic E-state index is 0.0478. The van der Waals surface area contributed by atoms with Crippen molar-refractivity contribution in [2.45, 2.75) is 70.9 Å². The van der Waals surface area contributed by atoms with Crippen molar-refractivity contribution in [2.24, 2.45) is 0 Å². The lowest BCUT2D eigenvalue weighted by Gasteiger charge is -2.19. The van der Waals surface area contributed by atoms with Crippen LogP contribution in [0.15, 0.2) is 0 Å². The molecule has 0 radical (unpaired) electrons. The van der Waals surface area contributed by atoms with E-state index in [-0.39, 0.29) is 11.9 Å². The Labute approximate surface area is 99.4 Å². The zero-order chi connectivity index (χ0) is 11.8. The van der Waals surface area contributed by atoms with Crippen molar-refractivity contribution in [3.8, 4) is 0 Å². The van der Waals surface area contributed by atoms with E-state index < -0.39 is 0 Å². The summed E-state index contributed by atoms with van der Waals surface area (Å²) in [7, 11) is 0. The van der Waals surface area contributed by atoms with Crippen molar-refractivity contribution in [2.75, 3.05) is 6.54 Å². The molecular weight excluding hydrogens is 200 g/mol. The molecule has 16 heavy (non-hydrogen) atoms. The molecule has 0 bridgehead atoms. The first-order valence-corrected chi connectivity index (χ1v) is 6.77. The van der Waals surface area contributed by atoms with Crippen LogP contribution in [0, 0.1) is 0 Å². The molecule has 1 heterocycles. The molecule has 1 rings (SSSR count). The van der Waals surface area contributed by atoms with Crippen molar-refractivity contribution < 1.29 is 4.79 Å². The molecule has 2 unspecified atom stereocenters. The number of hydrogen-bond donors (Lipinski definition) is 2. The first-order chi connectivity index (χ1) is 7.74. The Bertz CT molecular complexity index is 198. The Hall–Kier alpha value is -0.570. The highest BCUT2D eigenvalue weighted by Crippen LogP contribution is 2.09. The van der Waals surface area contributed by atoms with Crippen LogP contribution in [0.4, 0.5) is 0 Å². The average Bonchev–Trinajstić information content (AvgIpc) is 2.54. The second-order valence-corrected chi connectivity index (χ2v) is 4.91. The molecule has 1 amide bonds. The summed E-state index contributed by atoms with van der Waals surface area (Å²) < 4.78 is 0. The lowest BCUT2D eigenvalue weighted by atomic mass is 10.1. The van der Waals surface area contributed by atoms with Crippen LogP contribution in [-0.2, 0) is 4.79 Å². The Morgan fingerprint density at radius 3 is 3.00 bits per heavy atom. The fourth-order valence-corrected chi connectivity index (χ4v) is 2.18. The van der Waals surface area contributed by atoms with Gasteiger partial charge in [-0.3, -0.25) is 4.79 Å². The van der Waals surface area contributed by atoms with E-state index in [1.165, 1.54) is 32.1 Å². The Morgan fingerprint density at radius 2 is 2.25 bits per heavy atom. The standard InChI is InChI=1S/C13H26N2O/c1-3-4-8-11(2)15-13(16)12-9-6-5-7-10-14-12/h11-12,14H,3-10H2,1-2H3,(H,15,16). The van der Waals surface area contributed by atoms with Gasteiger partial charge in [-0.25, -0.2) is 0 Å². The number of nitrogens with one attached hydrogen (secondary N) is 2. The number of carbonyl (C=O) groups excluding carboxylic acids is 1. The predicted molar refractivity (Wildman–Crippen MR) is 67.4 cm³/mol. The zero-order valence-corrected chi connectivity index (χ0v) is 10.7. The SMILES string of the molecule is CCCCC(C)NC(=O)C1CCCCCN1. The van der Waals surface area contributed by atoms with Crippen molar-refractivity contribution in [1.82, 2.24) is 10.6 Å². The van der Waals surface area contributed by atoms with Gasteiger partial charge in [-0.15, -0.1) is 0 Å². The lowest BCUT2D eigenvalue weighted by molar-refractivity contribution is -0.123. The van der Waals surface area contributed by atoms with Crippen LogP contribution < -0.4 is 10.6 Å². The number of rotatable bonds is 5. The van der Waals surface area contributed by atoms with Crippen LogP contribution in [0.25, 0.3) is 0 Å². The molecule has 3 heteroatoms. The Kier molecular flexibility index (Phi) is 6.46. The minimum atomic E-state index is 0.0478. The molecule has 1 saturated heterocycles. The van der Waals surface area contributed by atoms with Crippen LogP contribution in [0.3, 0.4) is 0 Å². The van der Waals surface area contributed by atoms with Gasteiger partial charge in [0.1, 0.15) is 0 Å². The van der Waals surface area contributed by atoms with Gasteiger partial charge in [-0.05, 0) is 32.7 Å². The van der Waals surface area contributed by atoms with Crippen LogP contribution in [0.2, 0.25) is 0 Å². The third kappa shape index (κ3) is 4.97. The van der Waals surface area contributed by atoms with Gasteiger partial charge in [0.25, 0.3) is 0 Å². The molecule has 1 aliphatic rings. The number of unbranched alkanes of at least 4 members (excludes halogenated alkanes) is 1. The van der Waals surface area contributed by atoms with Crippen LogP contribution in [0.1, 0.15) is 58.8 Å². The molecule has 1 fully saturated rings. The highest BCUT2D eigenvalue weighted by molar-refractivity contribution is 5.81. The summed E-state index contributed by atoms with van der Waals surface area (Å²) in [5.41, 5.74) is 0. The van der Waals surface area contributed by atoms with E-state index in [4.69, 9.17) is 0 Å². The van der Waals surface area contributed by atoms with Crippen molar-refractivity contribution in [3.05, 3.63) is 0 Å². The normalized spacial score (nSPS) is 23.5. The first kappa shape index (κ1) is 13.5. The molecule has 0 aliphatic carbocycles. The van der Waals surface area contributed by atoms with E-state index >= 15 is 0 Å². The second-order valence-electron chi connectivity index (χ2n) is 4.91. The fourth-order valence-electron chi connectivity index (χ4n) is 2.18. The van der Waals surface area contributed by atoms with Gasteiger partial charge in [-0.1, -0.05) is 32.6 Å². The van der Waals surface area contributed by atoms with Crippen LogP contribution >= 0.6 is 0 Å². The molecule has 2 atom stereocenters. The quantitative estimate of drug-likeness (QED) is 0.754. The molecule has 0 spiro atoms. The Balaban J connectivity index is 2.26. The van der Waals surface area contributed by atoms with Gasteiger partial charge in [-0.2, -0.15) is 0 Å². The van der Waals surface area contributed by atoms with E-state index in [2.05, 4.69) is 24.5 Å². The third-order valence-electron chi connectivity index (χ3n) is 3.26. The van der Waals surface area contributed by atoms with Gasteiger partial charge in [0.15, 0.2) is 0 Å². The summed E-state index contributed by atoms with van der Waals surface area (Å²) in [6, 6.07) is 0.365. The smallest absolute Gasteiger partial charge is 0.237 e. The highest BCUT2D eigenvalue weighted by atomic mass is 16.2. The van der Waals surface area contributed by atoms with Crippen molar-refractivity contribution >= 4 is 5.91 Å². The molecule has 0 aromatic rings. The van der Waals surface area contributed by atoms with Crippen molar-refractivity contribution in [3.63, 3.8) is 0 Å². The van der Waals surface area contributed by atoms with Gasteiger partial charge >= 0.3 is 0 Å². The molecule has 0 aromatic heterocycles. The van der Waals surface area contributed by atoms with E-state index in [1.54, 1.807) is 0 Å². The maximum Gasteiger partial charge on any atom is 0.237 e. The zero-order valence-electron chi connectivity index (χ0n) is 10.7. The summed E-state index contributed by atoms with van der Waals surface area (Å²) >= 11 is 0. The lowest BCUT2D eigenvalue weighted by Crippen LogP contribution is -2.46. The topological polar surface area (TPSA) is 41.1 Å². The van der Waals surface area contributed by atoms with Gasteiger partial charge in [0, 0.05) is 6.04 Å². The molecule has 0 saturated carbocycles. The Morgan fingerprint density at radius 1 is 1.44 bits per heavy atom. The van der Waals surface area contributed by atoms with Crippen LogP contribution in [0.5, 0.6) is 0 Å². The summed E-state index contributed by atoms with van der Waals surface area (Å²) in [6.45, 7) is 5.27. The maximum absolute atomic E-state index is 12.0. The van der Waals surface area contributed by atoms with Gasteiger partial charge in [0.2, 0.25) is 5.91 Å². The van der Waals surface area contributed by atoms with E-state index in [0.717, 1.165) is 19.4 Å². The number of amides is 1. The summed E-state index contributed by atoms with van der Waals surface area (Å²) in [5.74, 6) is 0.200. The molecule has 2 N–H and O–H groups in total. The maximum atomic E-state index is 12.0. The molecule has 3 nitrogen and oxygen atoms in total. The molecule has 94 valence electrons. The first-order valence-electron chi connectivity index (χ1n) is 6.77. The molecule has 0 aromatic carbocycles. The summed E-state index contributed by atoms with van der Waals surface area (Å²) in [5, 5.41) is 6.44. The largest absolute Gasteiger partial charge is 0.352 e. The van der Waals surface area contributed by atoms with Gasteiger partial charge < -0.3 is 10.6 Å². The molecular formula is C13H26N2O. The third-order valence-corrected chi connectivity index (χ3v) is 3.26. The van der Waals surface area contributed by atoms with Crippen LogP contribution in [-0.4, -0.2) is 24.5 Å². The van der Waals surface area contributed by atoms with E-state index in [9.17, 15) is 4.79 Å². The monoisotopic (exact) mass is 226 g/mol. The van der Waals surface area contributed by atoms with E-state index in [0.29, 0.717) is 6.04 Å². The van der Waals surface area contributed by atoms with E-state index in [1.807, 2.05) is 0 Å². The molecule has 1 aliphatic heterocycles. The second kappa shape index (κ2) is 7.66. The average molecular weight is 226 g/mol. The fraction of sp³-hybridized carbons (Fsp3) is 0.923. The van der Waals surface area contributed by atoms with Crippen molar-refractivity contribution in [1.29, 1.82) is 0 Å². The number of hydrogen-bond acceptors (Lipinski definition) is 2. The highest BCUT2D eigenvalue weighted by Gasteiger charge is 2.20. The number of carbonyl (C=O) groups is 1. The predicted octanol–water partition coefficient (Wildman–Crippen LogP) is 2.21. The summed E-state index contributed by atoms with van der Waals surface area (Å²) in [6.07, 6.45) is 8.11. The van der Waals surface area contributed by atoms with Gasteiger partial charge in [0.05, 0.1) is 6.04 Å². The minimum Gasteiger partial charge on any atom is -0.352 e.